The summed E-state index contributed by atoms with van der Waals surface area (Å²) in [5.41, 5.74) is 2.47. The highest BCUT2D eigenvalue weighted by Gasteiger charge is 2.30. The third-order valence-corrected chi connectivity index (χ3v) is 5.30. The van der Waals surface area contributed by atoms with Crippen LogP contribution in [0.4, 0.5) is 11.6 Å². The standard InChI is InChI=1S/C17H19N5S/c1-21(2)13-7-5-12(6-8-13)15-10-14(16-4-3-9-23-16)20-17-18-11-19-22(15)17/h3-9,11,14-15H,10H2,1-2H3,(H,18,19,20)/t14-,15+/m1/s1. The van der Waals surface area contributed by atoms with E-state index in [0.29, 0.717) is 0 Å². The first-order valence-corrected chi connectivity index (χ1v) is 8.57. The fourth-order valence-corrected chi connectivity index (χ4v) is 3.86. The predicted molar refractivity (Wildman–Crippen MR) is 94.2 cm³/mol. The molecule has 5 nitrogen and oxygen atoms in total. The summed E-state index contributed by atoms with van der Waals surface area (Å²) in [7, 11) is 4.11. The Kier molecular flexibility index (Phi) is 3.53. The van der Waals surface area contributed by atoms with Crippen LogP contribution in [0.15, 0.2) is 48.1 Å². The number of rotatable bonds is 3. The summed E-state index contributed by atoms with van der Waals surface area (Å²) in [6, 6.07) is 13.5. The molecule has 1 aliphatic heterocycles. The monoisotopic (exact) mass is 325 g/mol. The molecule has 2 atom stereocenters. The summed E-state index contributed by atoms with van der Waals surface area (Å²) < 4.78 is 1.99. The van der Waals surface area contributed by atoms with Crippen LogP contribution in [0.1, 0.15) is 28.9 Å². The minimum atomic E-state index is 0.206. The molecule has 1 N–H and O–H groups in total. The molecule has 3 heterocycles. The Morgan fingerprint density at radius 1 is 1.22 bits per heavy atom. The van der Waals surface area contributed by atoms with Crippen molar-refractivity contribution in [2.24, 2.45) is 0 Å². The van der Waals surface area contributed by atoms with E-state index in [1.165, 1.54) is 16.1 Å². The van der Waals surface area contributed by atoms with E-state index in [1.54, 1.807) is 17.7 Å². The van der Waals surface area contributed by atoms with Gasteiger partial charge in [-0.05, 0) is 35.6 Å². The molecule has 0 bridgehead atoms. The van der Waals surface area contributed by atoms with Crippen LogP contribution in [0.2, 0.25) is 0 Å². The lowest BCUT2D eigenvalue weighted by molar-refractivity contribution is 0.433. The van der Waals surface area contributed by atoms with Crippen LogP contribution in [-0.4, -0.2) is 28.9 Å². The number of nitrogens with zero attached hydrogens (tertiary/aromatic N) is 4. The van der Waals surface area contributed by atoms with E-state index in [2.05, 4.69) is 76.2 Å². The number of anilines is 2. The highest BCUT2D eigenvalue weighted by Crippen LogP contribution is 2.38. The number of fused-ring (bicyclic) bond motifs is 1. The summed E-state index contributed by atoms with van der Waals surface area (Å²) in [5.74, 6) is 0.844. The molecule has 6 heteroatoms. The number of hydrogen-bond acceptors (Lipinski definition) is 5. The van der Waals surface area contributed by atoms with Crippen molar-refractivity contribution in [2.45, 2.75) is 18.5 Å². The Morgan fingerprint density at radius 3 is 2.74 bits per heavy atom. The van der Waals surface area contributed by atoms with E-state index >= 15 is 0 Å². The second kappa shape index (κ2) is 5.70. The van der Waals surface area contributed by atoms with Gasteiger partial charge in [0.05, 0.1) is 12.1 Å². The minimum absolute atomic E-state index is 0.206. The summed E-state index contributed by atoms with van der Waals surface area (Å²) in [4.78, 5) is 7.83. The number of thiophene rings is 1. The fourth-order valence-electron chi connectivity index (χ4n) is 3.07. The van der Waals surface area contributed by atoms with Gasteiger partial charge in [0.25, 0.3) is 0 Å². The zero-order valence-corrected chi connectivity index (χ0v) is 14.0. The predicted octanol–water partition coefficient (Wildman–Crippen LogP) is 3.55. The van der Waals surface area contributed by atoms with Crippen LogP contribution in [0.25, 0.3) is 0 Å². The number of benzene rings is 1. The average Bonchev–Trinajstić information content (AvgIpc) is 3.25. The van der Waals surface area contributed by atoms with E-state index in [-0.39, 0.29) is 12.1 Å². The third kappa shape index (κ3) is 2.59. The van der Waals surface area contributed by atoms with Gasteiger partial charge in [-0.15, -0.1) is 11.3 Å². The Labute approximate surface area is 139 Å². The van der Waals surface area contributed by atoms with E-state index in [0.717, 1.165) is 12.4 Å². The van der Waals surface area contributed by atoms with Gasteiger partial charge in [-0.1, -0.05) is 18.2 Å². The van der Waals surface area contributed by atoms with Gasteiger partial charge in [0, 0.05) is 24.7 Å². The van der Waals surface area contributed by atoms with Crippen molar-refractivity contribution in [2.75, 3.05) is 24.3 Å². The first-order valence-electron chi connectivity index (χ1n) is 7.69. The van der Waals surface area contributed by atoms with Crippen molar-refractivity contribution >= 4 is 23.0 Å². The van der Waals surface area contributed by atoms with Gasteiger partial charge in [0.1, 0.15) is 6.33 Å². The number of hydrogen-bond donors (Lipinski definition) is 1. The lowest BCUT2D eigenvalue weighted by Gasteiger charge is -2.31. The molecule has 2 aromatic heterocycles. The molecule has 0 saturated heterocycles. The van der Waals surface area contributed by atoms with Crippen molar-refractivity contribution in [1.82, 2.24) is 14.8 Å². The molecule has 0 radical (unpaired) electrons. The van der Waals surface area contributed by atoms with Gasteiger partial charge >= 0.3 is 0 Å². The maximum absolute atomic E-state index is 4.42. The number of aromatic nitrogens is 3. The van der Waals surface area contributed by atoms with Crippen LogP contribution in [0.5, 0.6) is 0 Å². The highest BCUT2D eigenvalue weighted by atomic mass is 32.1. The van der Waals surface area contributed by atoms with Crippen LogP contribution >= 0.6 is 11.3 Å². The van der Waals surface area contributed by atoms with Crippen LogP contribution in [-0.2, 0) is 0 Å². The van der Waals surface area contributed by atoms with Crippen LogP contribution < -0.4 is 10.2 Å². The Morgan fingerprint density at radius 2 is 2.04 bits per heavy atom. The lowest BCUT2D eigenvalue weighted by atomic mass is 9.96. The average molecular weight is 325 g/mol. The topological polar surface area (TPSA) is 46.0 Å². The largest absolute Gasteiger partial charge is 0.378 e. The maximum atomic E-state index is 4.42. The van der Waals surface area contributed by atoms with Gasteiger partial charge in [-0.2, -0.15) is 10.1 Å². The van der Waals surface area contributed by atoms with Crippen molar-refractivity contribution in [1.29, 1.82) is 0 Å². The molecule has 0 saturated carbocycles. The van der Waals surface area contributed by atoms with Gasteiger partial charge in [0.2, 0.25) is 5.95 Å². The highest BCUT2D eigenvalue weighted by molar-refractivity contribution is 7.10. The van der Waals surface area contributed by atoms with Gasteiger partial charge in [-0.25, -0.2) is 4.68 Å². The first-order chi connectivity index (χ1) is 11.2. The molecule has 23 heavy (non-hydrogen) atoms. The zero-order valence-electron chi connectivity index (χ0n) is 13.2. The molecule has 0 spiro atoms. The molecule has 118 valence electrons. The molecule has 1 aromatic carbocycles. The Balaban J connectivity index is 1.69. The van der Waals surface area contributed by atoms with Crippen molar-refractivity contribution in [3.05, 3.63) is 58.5 Å². The zero-order chi connectivity index (χ0) is 15.8. The smallest absolute Gasteiger partial charge is 0.222 e. The van der Waals surface area contributed by atoms with E-state index in [1.807, 2.05) is 4.68 Å². The summed E-state index contributed by atoms with van der Waals surface area (Å²) in [6.07, 6.45) is 2.60. The summed E-state index contributed by atoms with van der Waals surface area (Å²) in [6.45, 7) is 0. The number of nitrogens with one attached hydrogen (secondary N) is 1. The molecule has 0 aliphatic carbocycles. The second-order valence-corrected chi connectivity index (χ2v) is 6.96. The molecular weight excluding hydrogens is 306 g/mol. The van der Waals surface area contributed by atoms with Crippen molar-refractivity contribution in [3.8, 4) is 0 Å². The van der Waals surface area contributed by atoms with E-state index in [9.17, 15) is 0 Å². The molecule has 0 fully saturated rings. The second-order valence-electron chi connectivity index (χ2n) is 5.98. The normalized spacial score (nSPS) is 19.9. The molecule has 1 aliphatic rings. The molecule has 0 amide bonds. The van der Waals surface area contributed by atoms with Crippen LogP contribution in [0, 0.1) is 0 Å². The first kappa shape index (κ1) is 14.3. The van der Waals surface area contributed by atoms with E-state index < -0.39 is 0 Å². The van der Waals surface area contributed by atoms with E-state index in [4.69, 9.17) is 0 Å². The van der Waals surface area contributed by atoms with Crippen molar-refractivity contribution in [3.63, 3.8) is 0 Å². The van der Waals surface area contributed by atoms with Crippen LogP contribution in [0.3, 0.4) is 0 Å². The quantitative estimate of drug-likeness (QED) is 0.800. The van der Waals surface area contributed by atoms with Gasteiger partial charge in [-0.3, -0.25) is 0 Å². The molecule has 4 rings (SSSR count). The molecular formula is C17H19N5S. The SMILES string of the molecule is CN(C)c1ccc([C@@H]2C[C@H](c3cccs3)Nc3ncnn32)cc1. The lowest BCUT2D eigenvalue weighted by Crippen LogP contribution is -2.27. The van der Waals surface area contributed by atoms with Crippen molar-refractivity contribution < 1.29 is 0 Å². The summed E-state index contributed by atoms with van der Waals surface area (Å²) in [5, 5.41) is 10.0. The Bertz CT molecular complexity index is 776. The maximum Gasteiger partial charge on any atom is 0.222 e. The molecule has 0 unspecified atom stereocenters. The third-order valence-electron chi connectivity index (χ3n) is 4.31. The summed E-state index contributed by atoms with van der Waals surface area (Å²) >= 11 is 1.78. The minimum Gasteiger partial charge on any atom is -0.378 e. The Hall–Kier alpha value is -2.34. The van der Waals surface area contributed by atoms with Gasteiger partial charge in [0.15, 0.2) is 0 Å². The molecule has 3 aromatic rings. The fraction of sp³-hybridized carbons (Fsp3) is 0.294. The van der Waals surface area contributed by atoms with Gasteiger partial charge < -0.3 is 10.2 Å².